The minimum absolute atomic E-state index is 0.0103. The summed E-state index contributed by atoms with van der Waals surface area (Å²) in [6, 6.07) is 0.122. The van der Waals surface area contributed by atoms with Crippen LogP contribution >= 0.6 is 0 Å². The van der Waals surface area contributed by atoms with Crippen LogP contribution < -0.4 is 5.32 Å². The molecule has 1 aromatic heterocycles. The van der Waals surface area contributed by atoms with Gasteiger partial charge in [-0.2, -0.15) is 5.10 Å². The molecular formula is C16H25N3O. The number of allylic oxidation sites excluding steroid dienone is 1. The molecule has 0 bridgehead atoms. The van der Waals surface area contributed by atoms with E-state index >= 15 is 0 Å². The Kier molecular flexibility index (Phi) is 4.99. The second-order valence-electron chi connectivity index (χ2n) is 5.61. The zero-order valence-corrected chi connectivity index (χ0v) is 12.8. The molecule has 0 aliphatic heterocycles. The first-order chi connectivity index (χ1) is 9.61. The summed E-state index contributed by atoms with van der Waals surface area (Å²) in [5.41, 5.74) is 2.87. The predicted octanol–water partition coefficient (Wildman–Crippen LogP) is 3.22. The van der Waals surface area contributed by atoms with Gasteiger partial charge in [-0.15, -0.1) is 0 Å². The molecule has 1 amide bonds. The summed E-state index contributed by atoms with van der Waals surface area (Å²) in [5.74, 6) is -0.0103. The topological polar surface area (TPSA) is 46.9 Å². The summed E-state index contributed by atoms with van der Waals surface area (Å²) in [6.45, 7) is 6.93. The average Bonchev–Trinajstić information content (AvgIpc) is 2.81. The monoisotopic (exact) mass is 275 g/mol. The van der Waals surface area contributed by atoms with Crippen molar-refractivity contribution in [1.29, 1.82) is 0 Å². The van der Waals surface area contributed by atoms with Crippen molar-refractivity contribution in [2.24, 2.45) is 0 Å². The summed E-state index contributed by atoms with van der Waals surface area (Å²) >= 11 is 0. The largest absolute Gasteiger partial charge is 0.346 e. The lowest BCUT2D eigenvalue weighted by atomic mass is 9.94. The van der Waals surface area contributed by atoms with E-state index in [-0.39, 0.29) is 11.9 Å². The van der Waals surface area contributed by atoms with E-state index in [0.717, 1.165) is 31.5 Å². The SMILES string of the molecule is CCCn1cc(C(=O)NC(C)C2=CCCCC2)c(C)n1. The molecule has 4 heteroatoms. The van der Waals surface area contributed by atoms with Gasteiger partial charge in [0.15, 0.2) is 0 Å². The highest BCUT2D eigenvalue weighted by Crippen LogP contribution is 2.20. The second kappa shape index (κ2) is 6.73. The van der Waals surface area contributed by atoms with Crippen LogP contribution in [0, 0.1) is 6.92 Å². The zero-order valence-electron chi connectivity index (χ0n) is 12.8. The van der Waals surface area contributed by atoms with E-state index < -0.39 is 0 Å². The number of aryl methyl sites for hydroxylation is 2. The van der Waals surface area contributed by atoms with Gasteiger partial charge in [-0.1, -0.05) is 18.6 Å². The first kappa shape index (κ1) is 14.8. The van der Waals surface area contributed by atoms with Gasteiger partial charge in [-0.3, -0.25) is 9.48 Å². The van der Waals surface area contributed by atoms with Gasteiger partial charge in [0.1, 0.15) is 0 Å². The van der Waals surface area contributed by atoms with Crippen molar-refractivity contribution in [3.05, 3.63) is 29.1 Å². The van der Waals surface area contributed by atoms with Gasteiger partial charge in [0, 0.05) is 18.8 Å². The lowest BCUT2D eigenvalue weighted by Gasteiger charge is -2.20. The molecule has 0 saturated heterocycles. The molecule has 20 heavy (non-hydrogen) atoms. The third-order valence-corrected chi connectivity index (χ3v) is 3.87. The summed E-state index contributed by atoms with van der Waals surface area (Å²) in [4.78, 5) is 12.3. The molecule has 110 valence electrons. The average molecular weight is 275 g/mol. The van der Waals surface area contributed by atoms with Crippen LogP contribution in [0.4, 0.5) is 0 Å². The second-order valence-corrected chi connectivity index (χ2v) is 5.61. The molecule has 1 unspecified atom stereocenters. The standard InChI is InChI=1S/C16H25N3O/c1-4-10-19-11-15(13(3)18-19)16(20)17-12(2)14-8-6-5-7-9-14/h8,11-12H,4-7,9-10H2,1-3H3,(H,17,20). The van der Waals surface area contributed by atoms with Crippen molar-refractivity contribution in [2.45, 2.75) is 65.5 Å². The Morgan fingerprint density at radius 3 is 2.95 bits per heavy atom. The van der Waals surface area contributed by atoms with E-state index in [1.165, 1.54) is 18.4 Å². The van der Waals surface area contributed by atoms with Gasteiger partial charge >= 0.3 is 0 Å². The fourth-order valence-corrected chi connectivity index (χ4v) is 2.71. The Balaban J connectivity index is 2.02. The van der Waals surface area contributed by atoms with E-state index in [9.17, 15) is 4.79 Å². The quantitative estimate of drug-likeness (QED) is 0.839. The number of nitrogens with zero attached hydrogens (tertiary/aromatic N) is 2. The number of carbonyl (C=O) groups excluding carboxylic acids is 1. The van der Waals surface area contributed by atoms with Crippen molar-refractivity contribution in [3.63, 3.8) is 0 Å². The van der Waals surface area contributed by atoms with Crippen molar-refractivity contribution >= 4 is 5.91 Å². The number of hydrogen-bond donors (Lipinski definition) is 1. The number of aromatic nitrogens is 2. The summed E-state index contributed by atoms with van der Waals surface area (Å²) in [7, 11) is 0. The van der Waals surface area contributed by atoms with Crippen LogP contribution in [-0.2, 0) is 6.54 Å². The number of rotatable bonds is 5. The molecule has 4 nitrogen and oxygen atoms in total. The maximum absolute atomic E-state index is 12.3. The number of amides is 1. The van der Waals surface area contributed by atoms with E-state index in [1.54, 1.807) is 0 Å². The first-order valence-electron chi connectivity index (χ1n) is 7.65. The van der Waals surface area contributed by atoms with Crippen LogP contribution in [-0.4, -0.2) is 21.7 Å². The van der Waals surface area contributed by atoms with E-state index in [1.807, 2.05) is 17.8 Å². The molecule has 1 heterocycles. The minimum Gasteiger partial charge on any atom is -0.346 e. The van der Waals surface area contributed by atoms with Crippen molar-refractivity contribution in [1.82, 2.24) is 15.1 Å². The summed E-state index contributed by atoms with van der Waals surface area (Å²) < 4.78 is 1.86. The van der Waals surface area contributed by atoms with Crippen LogP contribution in [0.25, 0.3) is 0 Å². The van der Waals surface area contributed by atoms with Gasteiger partial charge in [-0.25, -0.2) is 0 Å². The molecule has 1 N–H and O–H groups in total. The van der Waals surface area contributed by atoms with Gasteiger partial charge < -0.3 is 5.32 Å². The molecule has 1 aliphatic carbocycles. The summed E-state index contributed by atoms with van der Waals surface area (Å²) in [5, 5.41) is 7.48. The van der Waals surface area contributed by atoms with Crippen LogP contribution in [0.1, 0.15) is 62.0 Å². The number of carbonyl (C=O) groups is 1. The smallest absolute Gasteiger partial charge is 0.255 e. The maximum atomic E-state index is 12.3. The zero-order chi connectivity index (χ0) is 14.5. The van der Waals surface area contributed by atoms with Crippen molar-refractivity contribution in [2.75, 3.05) is 0 Å². The number of hydrogen-bond acceptors (Lipinski definition) is 2. The lowest BCUT2D eigenvalue weighted by molar-refractivity contribution is 0.0944. The summed E-state index contributed by atoms with van der Waals surface area (Å²) in [6.07, 6.45) is 9.91. The van der Waals surface area contributed by atoms with Crippen molar-refractivity contribution < 1.29 is 4.79 Å². The molecule has 0 fully saturated rings. The fraction of sp³-hybridized carbons (Fsp3) is 0.625. The fourth-order valence-electron chi connectivity index (χ4n) is 2.71. The Morgan fingerprint density at radius 1 is 1.50 bits per heavy atom. The molecule has 1 aromatic rings. The van der Waals surface area contributed by atoms with Gasteiger partial charge in [0.2, 0.25) is 0 Å². The van der Waals surface area contributed by atoms with Gasteiger partial charge in [0.05, 0.1) is 11.3 Å². The van der Waals surface area contributed by atoms with Gasteiger partial charge in [0.25, 0.3) is 5.91 Å². The third-order valence-electron chi connectivity index (χ3n) is 3.87. The Bertz CT molecular complexity index is 502. The lowest BCUT2D eigenvalue weighted by Crippen LogP contribution is -2.34. The molecule has 1 atom stereocenters. The number of nitrogens with one attached hydrogen (secondary N) is 1. The Hall–Kier alpha value is -1.58. The molecule has 0 spiro atoms. The molecular weight excluding hydrogens is 250 g/mol. The van der Waals surface area contributed by atoms with E-state index in [2.05, 4.69) is 30.3 Å². The van der Waals surface area contributed by atoms with Crippen LogP contribution in [0.3, 0.4) is 0 Å². The molecule has 0 radical (unpaired) electrons. The van der Waals surface area contributed by atoms with Gasteiger partial charge in [-0.05, 0) is 46.0 Å². The predicted molar refractivity (Wildman–Crippen MR) is 80.7 cm³/mol. The van der Waals surface area contributed by atoms with Crippen LogP contribution in [0.15, 0.2) is 17.8 Å². The molecule has 2 rings (SSSR count). The Labute approximate surface area is 121 Å². The maximum Gasteiger partial charge on any atom is 0.255 e. The molecule has 0 aromatic carbocycles. The molecule has 1 aliphatic rings. The third kappa shape index (κ3) is 3.50. The highest BCUT2D eigenvalue weighted by Gasteiger charge is 2.18. The first-order valence-corrected chi connectivity index (χ1v) is 7.65. The minimum atomic E-state index is -0.0103. The highest BCUT2D eigenvalue weighted by molar-refractivity contribution is 5.95. The van der Waals surface area contributed by atoms with E-state index in [0.29, 0.717) is 5.56 Å². The van der Waals surface area contributed by atoms with Crippen LogP contribution in [0.5, 0.6) is 0 Å². The highest BCUT2D eigenvalue weighted by atomic mass is 16.1. The normalized spacial score (nSPS) is 16.6. The van der Waals surface area contributed by atoms with Crippen molar-refractivity contribution in [3.8, 4) is 0 Å². The van der Waals surface area contributed by atoms with Crippen LogP contribution in [0.2, 0.25) is 0 Å². The Morgan fingerprint density at radius 2 is 2.30 bits per heavy atom. The van der Waals surface area contributed by atoms with E-state index in [4.69, 9.17) is 0 Å². The molecule has 0 saturated carbocycles.